The molecule has 10 heteroatoms. The van der Waals surface area contributed by atoms with Gasteiger partial charge in [-0.2, -0.15) is 5.01 Å². The summed E-state index contributed by atoms with van der Waals surface area (Å²) in [7, 11) is 1.43. The second kappa shape index (κ2) is 9.63. The van der Waals surface area contributed by atoms with Crippen LogP contribution in [-0.4, -0.2) is 45.4 Å². The molecule has 0 spiro atoms. The summed E-state index contributed by atoms with van der Waals surface area (Å²) in [5.74, 6) is -1.44. The van der Waals surface area contributed by atoms with Crippen molar-refractivity contribution in [2.24, 2.45) is 0 Å². The fourth-order valence-corrected chi connectivity index (χ4v) is 3.76. The summed E-state index contributed by atoms with van der Waals surface area (Å²) < 4.78 is 10.8. The number of carboxylic acids is 1. The zero-order chi connectivity index (χ0) is 22.5. The number of nitrogens with one attached hydrogen (secondary N) is 1. The third-order valence-electron chi connectivity index (χ3n) is 4.18. The number of thioether (sulfide) groups is 1. The molecule has 3 rings (SSSR count). The van der Waals surface area contributed by atoms with Gasteiger partial charge in [0.15, 0.2) is 21.9 Å². The second-order valence-corrected chi connectivity index (χ2v) is 8.01. The molecule has 1 unspecified atom stereocenters. The molecule has 1 atom stereocenters. The molecule has 1 saturated heterocycles. The number of rotatable bonds is 7. The van der Waals surface area contributed by atoms with Crippen molar-refractivity contribution in [3.63, 3.8) is 0 Å². The Morgan fingerprint density at radius 3 is 2.55 bits per heavy atom. The van der Waals surface area contributed by atoms with Gasteiger partial charge in [0.05, 0.1) is 12.0 Å². The van der Waals surface area contributed by atoms with Crippen LogP contribution >= 0.6 is 24.0 Å². The fourth-order valence-electron chi connectivity index (χ4n) is 2.58. The molecular weight excluding hydrogens is 440 g/mol. The maximum absolute atomic E-state index is 12.7. The van der Waals surface area contributed by atoms with Crippen LogP contribution in [-0.2, 0) is 9.59 Å². The summed E-state index contributed by atoms with van der Waals surface area (Å²) in [4.78, 5) is 36.4. The Hall–Kier alpha value is -3.37. The summed E-state index contributed by atoms with van der Waals surface area (Å²) in [5, 5.41) is 10.0. The second-order valence-electron chi connectivity index (χ2n) is 6.33. The number of amides is 2. The minimum Gasteiger partial charge on any atom is -0.493 e. The Morgan fingerprint density at radius 1 is 1.19 bits per heavy atom. The summed E-state index contributed by atoms with van der Waals surface area (Å²) in [6.45, 7) is 1.41. The Bertz CT molecular complexity index is 1070. The van der Waals surface area contributed by atoms with E-state index in [1.807, 2.05) is 0 Å². The van der Waals surface area contributed by atoms with Gasteiger partial charge >= 0.3 is 5.97 Å². The van der Waals surface area contributed by atoms with E-state index < -0.39 is 23.9 Å². The van der Waals surface area contributed by atoms with Crippen LogP contribution in [0, 0.1) is 0 Å². The number of aliphatic carboxylic acids is 1. The molecule has 0 aromatic heterocycles. The number of carbonyl (C=O) groups excluding carboxylic acids is 2. The third-order valence-corrected chi connectivity index (χ3v) is 5.48. The predicted molar refractivity (Wildman–Crippen MR) is 120 cm³/mol. The fraction of sp³-hybridized carbons (Fsp3) is 0.143. The molecule has 1 fully saturated rings. The van der Waals surface area contributed by atoms with E-state index in [1.54, 1.807) is 54.6 Å². The molecule has 160 valence electrons. The highest BCUT2D eigenvalue weighted by Gasteiger charge is 2.33. The molecule has 0 saturated carbocycles. The van der Waals surface area contributed by atoms with Crippen molar-refractivity contribution in [2.45, 2.75) is 13.0 Å². The molecule has 0 radical (unpaired) electrons. The van der Waals surface area contributed by atoms with Crippen LogP contribution in [0.15, 0.2) is 53.4 Å². The van der Waals surface area contributed by atoms with Crippen LogP contribution in [0.4, 0.5) is 0 Å². The van der Waals surface area contributed by atoms with Crippen LogP contribution in [0.5, 0.6) is 11.5 Å². The number of thiocarbonyl (C=S) groups is 1. The first kappa shape index (κ1) is 22.3. The quantitative estimate of drug-likeness (QED) is 0.482. The van der Waals surface area contributed by atoms with E-state index in [0.29, 0.717) is 21.8 Å². The van der Waals surface area contributed by atoms with Crippen molar-refractivity contribution in [3.05, 3.63) is 64.6 Å². The van der Waals surface area contributed by atoms with Gasteiger partial charge in [-0.05, 0) is 55.0 Å². The van der Waals surface area contributed by atoms with Gasteiger partial charge in [0.2, 0.25) is 0 Å². The van der Waals surface area contributed by atoms with E-state index >= 15 is 0 Å². The highest BCUT2D eigenvalue weighted by molar-refractivity contribution is 8.26. The largest absolute Gasteiger partial charge is 0.493 e. The molecule has 8 nitrogen and oxygen atoms in total. The number of benzene rings is 2. The lowest BCUT2D eigenvalue weighted by atomic mass is 10.2. The molecule has 0 aliphatic carbocycles. The monoisotopic (exact) mass is 458 g/mol. The average Bonchev–Trinajstić information content (AvgIpc) is 3.02. The van der Waals surface area contributed by atoms with Crippen LogP contribution in [0.1, 0.15) is 22.8 Å². The zero-order valence-corrected chi connectivity index (χ0v) is 18.2. The van der Waals surface area contributed by atoms with Gasteiger partial charge in [-0.15, -0.1) is 0 Å². The summed E-state index contributed by atoms with van der Waals surface area (Å²) >= 11 is 6.28. The van der Waals surface area contributed by atoms with E-state index in [0.717, 1.165) is 16.8 Å². The minimum absolute atomic E-state index is 0.197. The lowest BCUT2D eigenvalue weighted by Crippen LogP contribution is -2.44. The maximum atomic E-state index is 12.7. The summed E-state index contributed by atoms with van der Waals surface area (Å²) in [6, 6.07) is 13.3. The Morgan fingerprint density at radius 2 is 1.90 bits per heavy atom. The van der Waals surface area contributed by atoms with Gasteiger partial charge in [-0.1, -0.05) is 36.0 Å². The normalized spacial score (nSPS) is 15.7. The van der Waals surface area contributed by atoms with Crippen molar-refractivity contribution in [1.82, 2.24) is 10.4 Å². The highest BCUT2D eigenvalue weighted by atomic mass is 32.2. The predicted octanol–water partition coefficient (Wildman–Crippen LogP) is 3.09. The molecule has 1 heterocycles. The summed E-state index contributed by atoms with van der Waals surface area (Å²) in [5.41, 5.74) is 3.53. The van der Waals surface area contributed by atoms with Crippen molar-refractivity contribution < 1.29 is 29.0 Å². The van der Waals surface area contributed by atoms with Gasteiger partial charge in [-0.25, -0.2) is 4.79 Å². The topological polar surface area (TPSA) is 105 Å². The number of hydrazine groups is 1. The van der Waals surface area contributed by atoms with Gasteiger partial charge in [0.25, 0.3) is 11.8 Å². The molecule has 0 bridgehead atoms. The first-order valence-corrected chi connectivity index (χ1v) is 10.2. The van der Waals surface area contributed by atoms with Crippen molar-refractivity contribution >= 4 is 52.2 Å². The number of methoxy groups -OCH3 is 1. The van der Waals surface area contributed by atoms with Gasteiger partial charge < -0.3 is 14.6 Å². The first-order chi connectivity index (χ1) is 14.8. The number of ether oxygens (including phenoxy) is 2. The van der Waals surface area contributed by atoms with Gasteiger partial charge in [-0.3, -0.25) is 15.0 Å². The first-order valence-electron chi connectivity index (χ1n) is 9.01. The molecule has 1 aliphatic rings. The zero-order valence-electron chi connectivity index (χ0n) is 16.5. The molecule has 2 aromatic carbocycles. The molecule has 31 heavy (non-hydrogen) atoms. The van der Waals surface area contributed by atoms with E-state index in [1.165, 1.54) is 14.0 Å². The van der Waals surface area contributed by atoms with Crippen molar-refractivity contribution in [2.75, 3.05) is 7.11 Å². The van der Waals surface area contributed by atoms with E-state index in [-0.39, 0.29) is 10.1 Å². The van der Waals surface area contributed by atoms with Gasteiger partial charge in [0.1, 0.15) is 0 Å². The third kappa shape index (κ3) is 5.22. The lowest BCUT2D eigenvalue weighted by Gasteiger charge is -2.15. The molecule has 1 aliphatic heterocycles. The standard InChI is InChI=1S/C21H18N2O6S2/c1-12(20(26)27)29-15-9-8-13(10-16(15)28-2)11-17-19(25)23(21(30)31-17)22-18(24)14-6-4-3-5-7-14/h3-12H,1-2H3,(H,22,24)(H,26,27)/b17-11+. The Balaban J connectivity index is 1.77. The average molecular weight is 459 g/mol. The van der Waals surface area contributed by atoms with Crippen molar-refractivity contribution in [1.29, 1.82) is 0 Å². The van der Waals surface area contributed by atoms with Crippen molar-refractivity contribution in [3.8, 4) is 11.5 Å². The number of nitrogens with zero attached hydrogens (tertiary/aromatic N) is 1. The van der Waals surface area contributed by atoms with Crippen LogP contribution < -0.4 is 14.9 Å². The smallest absolute Gasteiger partial charge is 0.344 e. The molecule has 2 N–H and O–H groups in total. The van der Waals surface area contributed by atoms with Crippen LogP contribution in [0.2, 0.25) is 0 Å². The number of carboxylic acid groups (broad SMARTS) is 1. The van der Waals surface area contributed by atoms with Gasteiger partial charge in [0, 0.05) is 5.56 Å². The Kier molecular flexibility index (Phi) is 6.93. The number of hydrogen-bond acceptors (Lipinski definition) is 7. The molecular formula is C21H18N2O6S2. The minimum atomic E-state index is -1.10. The number of carbonyl (C=O) groups is 3. The molecule has 2 aromatic rings. The Labute approximate surface area is 187 Å². The van der Waals surface area contributed by atoms with Crippen LogP contribution in [0.3, 0.4) is 0 Å². The SMILES string of the molecule is COc1cc(/C=C2/SC(=S)N(NC(=O)c3ccccc3)C2=O)ccc1OC(C)C(=O)O. The lowest BCUT2D eigenvalue weighted by molar-refractivity contribution is -0.144. The van der Waals surface area contributed by atoms with E-state index in [2.05, 4.69) is 5.43 Å². The number of hydrogen-bond donors (Lipinski definition) is 2. The highest BCUT2D eigenvalue weighted by Crippen LogP contribution is 2.34. The maximum Gasteiger partial charge on any atom is 0.344 e. The summed E-state index contributed by atoms with van der Waals surface area (Å²) in [6.07, 6.45) is 0.546. The molecule has 2 amide bonds. The van der Waals surface area contributed by atoms with E-state index in [9.17, 15) is 14.4 Å². The van der Waals surface area contributed by atoms with E-state index in [4.69, 9.17) is 26.8 Å². The van der Waals surface area contributed by atoms with Crippen LogP contribution in [0.25, 0.3) is 6.08 Å².